The van der Waals surface area contributed by atoms with E-state index in [2.05, 4.69) is 17.6 Å². The SMILES string of the molecule is CCn1c(C2CCC(CN)CC2)nc2cccc(Cl)c21. The van der Waals surface area contributed by atoms with Gasteiger partial charge in [0.2, 0.25) is 0 Å². The number of rotatable bonds is 3. The zero-order chi connectivity index (χ0) is 14.1. The quantitative estimate of drug-likeness (QED) is 0.931. The van der Waals surface area contributed by atoms with Crippen molar-refractivity contribution >= 4 is 22.6 Å². The average Bonchev–Trinajstić information content (AvgIpc) is 2.87. The van der Waals surface area contributed by atoms with Gasteiger partial charge in [-0.3, -0.25) is 0 Å². The molecule has 0 atom stereocenters. The van der Waals surface area contributed by atoms with Crippen molar-refractivity contribution < 1.29 is 0 Å². The van der Waals surface area contributed by atoms with Gasteiger partial charge in [0.1, 0.15) is 5.82 Å². The van der Waals surface area contributed by atoms with E-state index in [0.29, 0.717) is 11.8 Å². The summed E-state index contributed by atoms with van der Waals surface area (Å²) in [7, 11) is 0. The minimum atomic E-state index is 0.557. The van der Waals surface area contributed by atoms with Crippen molar-refractivity contribution in [1.82, 2.24) is 9.55 Å². The number of nitrogens with two attached hydrogens (primary N) is 1. The lowest BCUT2D eigenvalue weighted by Gasteiger charge is -2.27. The van der Waals surface area contributed by atoms with Gasteiger partial charge < -0.3 is 10.3 Å². The van der Waals surface area contributed by atoms with E-state index < -0.39 is 0 Å². The summed E-state index contributed by atoms with van der Waals surface area (Å²) in [5, 5.41) is 0.804. The van der Waals surface area contributed by atoms with Gasteiger partial charge in [-0.05, 0) is 57.2 Å². The molecule has 0 saturated heterocycles. The highest BCUT2D eigenvalue weighted by Gasteiger charge is 2.26. The molecule has 3 nitrogen and oxygen atoms in total. The molecule has 1 aliphatic rings. The summed E-state index contributed by atoms with van der Waals surface area (Å²) in [6, 6.07) is 5.99. The molecule has 1 aliphatic carbocycles. The zero-order valence-electron chi connectivity index (χ0n) is 12.0. The predicted octanol–water partition coefficient (Wildman–Crippen LogP) is 3.94. The molecule has 0 unspecified atom stereocenters. The molecule has 1 aromatic heterocycles. The van der Waals surface area contributed by atoms with Gasteiger partial charge in [-0.1, -0.05) is 17.7 Å². The summed E-state index contributed by atoms with van der Waals surface area (Å²) in [4.78, 5) is 4.87. The van der Waals surface area contributed by atoms with E-state index in [0.717, 1.165) is 29.1 Å². The summed E-state index contributed by atoms with van der Waals surface area (Å²) in [5.41, 5.74) is 7.90. The van der Waals surface area contributed by atoms with Crippen molar-refractivity contribution in [2.24, 2.45) is 11.7 Å². The first-order valence-corrected chi connectivity index (χ1v) is 7.97. The normalized spacial score (nSPS) is 23.4. The van der Waals surface area contributed by atoms with Crippen molar-refractivity contribution in [2.45, 2.75) is 45.1 Å². The molecule has 4 heteroatoms. The molecule has 2 aromatic rings. The lowest BCUT2D eigenvalue weighted by atomic mass is 9.81. The fraction of sp³-hybridized carbons (Fsp3) is 0.562. The van der Waals surface area contributed by atoms with Gasteiger partial charge >= 0.3 is 0 Å². The first-order chi connectivity index (χ1) is 9.74. The van der Waals surface area contributed by atoms with E-state index in [4.69, 9.17) is 22.3 Å². The lowest BCUT2D eigenvalue weighted by Crippen LogP contribution is -2.22. The fourth-order valence-electron chi connectivity index (χ4n) is 3.45. The number of benzene rings is 1. The van der Waals surface area contributed by atoms with Crippen molar-refractivity contribution in [2.75, 3.05) is 6.54 Å². The van der Waals surface area contributed by atoms with Gasteiger partial charge in [0, 0.05) is 12.5 Å². The highest BCUT2D eigenvalue weighted by molar-refractivity contribution is 6.35. The van der Waals surface area contributed by atoms with Crippen LogP contribution in [0.25, 0.3) is 11.0 Å². The number of hydrogen-bond acceptors (Lipinski definition) is 2. The van der Waals surface area contributed by atoms with E-state index >= 15 is 0 Å². The molecule has 1 saturated carbocycles. The Balaban J connectivity index is 1.98. The minimum absolute atomic E-state index is 0.557. The molecule has 1 fully saturated rings. The number of halogens is 1. The largest absolute Gasteiger partial charge is 0.330 e. The van der Waals surface area contributed by atoms with Gasteiger partial charge in [-0.2, -0.15) is 0 Å². The molecule has 1 heterocycles. The van der Waals surface area contributed by atoms with Crippen molar-refractivity contribution in [1.29, 1.82) is 0 Å². The molecule has 0 radical (unpaired) electrons. The molecule has 0 amide bonds. The summed E-state index contributed by atoms with van der Waals surface area (Å²) < 4.78 is 2.30. The van der Waals surface area contributed by atoms with Crippen LogP contribution in [0.4, 0.5) is 0 Å². The van der Waals surface area contributed by atoms with Crippen LogP contribution in [0.2, 0.25) is 5.02 Å². The summed E-state index contributed by atoms with van der Waals surface area (Å²) in [6.07, 6.45) is 4.84. The third kappa shape index (κ3) is 2.33. The smallest absolute Gasteiger partial charge is 0.113 e. The first-order valence-electron chi connectivity index (χ1n) is 7.59. The van der Waals surface area contributed by atoms with Crippen molar-refractivity contribution in [3.8, 4) is 0 Å². The molecule has 108 valence electrons. The summed E-state index contributed by atoms with van der Waals surface area (Å²) in [5.74, 6) is 2.47. The maximum atomic E-state index is 6.36. The summed E-state index contributed by atoms with van der Waals surface area (Å²) >= 11 is 6.36. The molecule has 0 aliphatic heterocycles. The molecule has 2 N–H and O–H groups in total. The van der Waals surface area contributed by atoms with E-state index in [1.165, 1.54) is 31.5 Å². The highest BCUT2D eigenvalue weighted by atomic mass is 35.5. The second kappa shape index (κ2) is 5.74. The maximum Gasteiger partial charge on any atom is 0.113 e. The number of aromatic nitrogens is 2. The number of hydrogen-bond donors (Lipinski definition) is 1. The highest BCUT2D eigenvalue weighted by Crippen LogP contribution is 2.37. The van der Waals surface area contributed by atoms with E-state index in [-0.39, 0.29) is 0 Å². The fourth-order valence-corrected chi connectivity index (χ4v) is 3.72. The third-order valence-electron chi connectivity index (χ3n) is 4.61. The van der Waals surface area contributed by atoms with Crippen LogP contribution >= 0.6 is 11.6 Å². The second-order valence-corrected chi connectivity index (χ2v) is 6.18. The standard InChI is InChI=1S/C16H22ClN3/c1-2-20-15-13(17)4-3-5-14(15)19-16(20)12-8-6-11(10-18)7-9-12/h3-5,11-12H,2,6-10,18H2,1H3. The molecule has 1 aromatic carbocycles. The van der Waals surface area contributed by atoms with E-state index in [1.807, 2.05) is 12.1 Å². The Morgan fingerprint density at radius 3 is 2.70 bits per heavy atom. The Morgan fingerprint density at radius 2 is 2.05 bits per heavy atom. The van der Waals surface area contributed by atoms with Gasteiger partial charge in [0.15, 0.2) is 0 Å². The first kappa shape index (κ1) is 13.9. The number of imidazole rings is 1. The lowest BCUT2D eigenvalue weighted by molar-refractivity contribution is 0.321. The van der Waals surface area contributed by atoms with Crippen LogP contribution in [0.1, 0.15) is 44.3 Å². The van der Waals surface area contributed by atoms with Gasteiger partial charge in [-0.25, -0.2) is 4.98 Å². The topological polar surface area (TPSA) is 43.8 Å². The molecule has 3 rings (SSSR count). The number of aryl methyl sites for hydroxylation is 1. The monoisotopic (exact) mass is 291 g/mol. The van der Waals surface area contributed by atoms with Gasteiger partial charge in [-0.15, -0.1) is 0 Å². The Morgan fingerprint density at radius 1 is 1.30 bits per heavy atom. The Labute approximate surface area is 125 Å². The summed E-state index contributed by atoms with van der Waals surface area (Å²) in [6.45, 7) is 3.91. The zero-order valence-corrected chi connectivity index (χ0v) is 12.7. The number of nitrogens with zero attached hydrogens (tertiary/aromatic N) is 2. The predicted molar refractivity (Wildman–Crippen MR) is 84.2 cm³/mol. The Bertz CT molecular complexity index is 597. The molecule has 0 bridgehead atoms. The van der Waals surface area contributed by atoms with Crippen LogP contribution in [0.5, 0.6) is 0 Å². The molecular weight excluding hydrogens is 270 g/mol. The molecule has 20 heavy (non-hydrogen) atoms. The van der Waals surface area contributed by atoms with Crippen LogP contribution in [0.15, 0.2) is 18.2 Å². The maximum absolute atomic E-state index is 6.36. The third-order valence-corrected chi connectivity index (χ3v) is 4.91. The Kier molecular flexibility index (Phi) is 3.99. The van der Waals surface area contributed by atoms with E-state index in [9.17, 15) is 0 Å². The van der Waals surface area contributed by atoms with Crippen LogP contribution in [0.3, 0.4) is 0 Å². The van der Waals surface area contributed by atoms with Crippen LogP contribution in [-0.2, 0) is 6.54 Å². The van der Waals surface area contributed by atoms with Crippen molar-refractivity contribution in [3.63, 3.8) is 0 Å². The van der Waals surface area contributed by atoms with Gasteiger partial charge in [0.05, 0.1) is 16.1 Å². The van der Waals surface area contributed by atoms with Crippen LogP contribution in [-0.4, -0.2) is 16.1 Å². The van der Waals surface area contributed by atoms with Gasteiger partial charge in [0.25, 0.3) is 0 Å². The average molecular weight is 292 g/mol. The van der Waals surface area contributed by atoms with E-state index in [1.54, 1.807) is 0 Å². The number of fused-ring (bicyclic) bond motifs is 1. The molecule has 0 spiro atoms. The second-order valence-electron chi connectivity index (χ2n) is 5.78. The van der Waals surface area contributed by atoms with Crippen LogP contribution < -0.4 is 5.73 Å². The Hall–Kier alpha value is -1.06. The van der Waals surface area contributed by atoms with Crippen molar-refractivity contribution in [3.05, 3.63) is 29.0 Å². The minimum Gasteiger partial charge on any atom is -0.330 e. The number of para-hydroxylation sites is 1. The van der Waals surface area contributed by atoms with Crippen LogP contribution in [0, 0.1) is 5.92 Å². The molecular formula is C16H22ClN3.